The lowest BCUT2D eigenvalue weighted by molar-refractivity contribution is 0.628. The summed E-state index contributed by atoms with van der Waals surface area (Å²) in [7, 11) is 0. The Morgan fingerprint density at radius 3 is 2.87 bits per heavy atom. The van der Waals surface area contributed by atoms with Crippen LogP contribution >= 0.6 is 23.4 Å². The van der Waals surface area contributed by atoms with Gasteiger partial charge in [0.15, 0.2) is 0 Å². The maximum atomic E-state index is 12.8. The molecule has 0 saturated heterocycles. The van der Waals surface area contributed by atoms with E-state index in [-0.39, 0.29) is 16.9 Å². The molecular formula is C11H15ClFNS. The molecular weight excluding hydrogens is 233 g/mol. The van der Waals surface area contributed by atoms with E-state index < -0.39 is 0 Å². The Morgan fingerprint density at radius 1 is 1.53 bits per heavy atom. The number of benzene rings is 1. The van der Waals surface area contributed by atoms with E-state index in [2.05, 4.69) is 6.92 Å². The van der Waals surface area contributed by atoms with Gasteiger partial charge in [-0.2, -0.15) is 11.8 Å². The van der Waals surface area contributed by atoms with Gasteiger partial charge in [0.2, 0.25) is 0 Å². The van der Waals surface area contributed by atoms with Crippen molar-refractivity contribution in [2.45, 2.75) is 25.1 Å². The van der Waals surface area contributed by atoms with E-state index in [4.69, 9.17) is 17.3 Å². The van der Waals surface area contributed by atoms with Gasteiger partial charge >= 0.3 is 0 Å². The summed E-state index contributed by atoms with van der Waals surface area (Å²) < 4.78 is 12.8. The Morgan fingerprint density at radius 2 is 2.27 bits per heavy atom. The number of rotatable bonds is 5. The molecule has 0 bridgehead atoms. The molecule has 2 N–H and O–H groups in total. The molecule has 0 amide bonds. The van der Waals surface area contributed by atoms with Gasteiger partial charge in [0.1, 0.15) is 5.82 Å². The number of halogens is 2. The van der Waals surface area contributed by atoms with Gasteiger partial charge in [0.05, 0.1) is 5.02 Å². The third-order valence-corrected chi connectivity index (χ3v) is 3.60. The van der Waals surface area contributed by atoms with Gasteiger partial charge in [-0.1, -0.05) is 24.6 Å². The highest BCUT2D eigenvalue weighted by Crippen LogP contribution is 2.20. The second-order valence-electron chi connectivity index (χ2n) is 3.43. The molecule has 1 aromatic rings. The van der Waals surface area contributed by atoms with E-state index in [0.717, 1.165) is 23.5 Å². The van der Waals surface area contributed by atoms with Gasteiger partial charge in [-0.3, -0.25) is 0 Å². The Labute approximate surface area is 99.2 Å². The fourth-order valence-corrected chi connectivity index (χ4v) is 2.35. The molecule has 0 spiro atoms. The maximum Gasteiger partial charge on any atom is 0.141 e. The molecule has 4 heteroatoms. The number of nitrogens with two attached hydrogens (primary N) is 1. The van der Waals surface area contributed by atoms with E-state index in [9.17, 15) is 4.39 Å². The summed E-state index contributed by atoms with van der Waals surface area (Å²) in [6.45, 7) is 2.07. The molecule has 1 unspecified atom stereocenters. The zero-order valence-electron chi connectivity index (χ0n) is 8.67. The molecule has 0 saturated carbocycles. The summed E-state index contributed by atoms with van der Waals surface area (Å²) in [4.78, 5) is 0. The second kappa shape index (κ2) is 6.36. The van der Waals surface area contributed by atoms with Gasteiger partial charge in [-0.25, -0.2) is 4.39 Å². The Hall–Kier alpha value is -0.250. The smallest absolute Gasteiger partial charge is 0.141 e. The summed E-state index contributed by atoms with van der Waals surface area (Å²) in [6, 6.07) is 5.07. The largest absolute Gasteiger partial charge is 0.327 e. The van der Waals surface area contributed by atoms with E-state index >= 15 is 0 Å². The fourth-order valence-electron chi connectivity index (χ4n) is 1.08. The first-order valence-corrected chi connectivity index (χ1v) is 6.44. The minimum Gasteiger partial charge on any atom is -0.327 e. The Bertz CT molecular complexity index is 319. The number of hydrogen-bond donors (Lipinski definition) is 1. The van der Waals surface area contributed by atoms with Crippen LogP contribution in [0.25, 0.3) is 0 Å². The van der Waals surface area contributed by atoms with Crippen LogP contribution in [0.5, 0.6) is 0 Å². The summed E-state index contributed by atoms with van der Waals surface area (Å²) in [6.07, 6.45) is 0.983. The average molecular weight is 248 g/mol. The summed E-state index contributed by atoms with van der Waals surface area (Å²) >= 11 is 7.42. The van der Waals surface area contributed by atoms with Crippen LogP contribution in [-0.4, -0.2) is 11.8 Å². The molecule has 84 valence electrons. The quantitative estimate of drug-likeness (QED) is 0.863. The van der Waals surface area contributed by atoms with Crippen molar-refractivity contribution in [1.29, 1.82) is 0 Å². The van der Waals surface area contributed by atoms with Crippen LogP contribution in [0.1, 0.15) is 18.9 Å². The summed E-state index contributed by atoms with van der Waals surface area (Å²) in [5.41, 5.74) is 6.82. The first-order valence-electron chi connectivity index (χ1n) is 4.90. The van der Waals surface area contributed by atoms with E-state index in [1.54, 1.807) is 23.9 Å². The normalized spacial score (nSPS) is 12.8. The summed E-state index contributed by atoms with van der Waals surface area (Å²) in [5, 5.41) is 0.188. The van der Waals surface area contributed by atoms with Crippen LogP contribution in [0, 0.1) is 5.82 Å². The Kier molecular flexibility index (Phi) is 5.43. The molecule has 0 aromatic heterocycles. The molecule has 1 nitrogen and oxygen atoms in total. The molecule has 1 rings (SSSR count). The second-order valence-corrected chi connectivity index (χ2v) is 4.87. The maximum absolute atomic E-state index is 12.8. The lowest BCUT2D eigenvalue weighted by atomic mass is 10.2. The van der Waals surface area contributed by atoms with E-state index in [0.29, 0.717) is 0 Å². The van der Waals surface area contributed by atoms with E-state index in [1.165, 1.54) is 6.07 Å². The SMILES string of the molecule is CCC(N)CSCc1ccc(F)c(Cl)c1. The van der Waals surface area contributed by atoms with Gasteiger partial charge in [0, 0.05) is 17.5 Å². The highest BCUT2D eigenvalue weighted by atomic mass is 35.5. The van der Waals surface area contributed by atoms with Gasteiger partial charge < -0.3 is 5.73 Å². The highest BCUT2D eigenvalue weighted by molar-refractivity contribution is 7.98. The van der Waals surface area contributed by atoms with Crippen molar-refractivity contribution >= 4 is 23.4 Å². The van der Waals surface area contributed by atoms with Crippen LogP contribution in [0.4, 0.5) is 4.39 Å². The molecule has 15 heavy (non-hydrogen) atoms. The van der Waals surface area contributed by atoms with Crippen molar-refractivity contribution in [3.05, 3.63) is 34.6 Å². The van der Waals surface area contributed by atoms with Crippen LogP contribution in [0.3, 0.4) is 0 Å². The predicted molar refractivity (Wildman–Crippen MR) is 65.8 cm³/mol. The zero-order chi connectivity index (χ0) is 11.3. The van der Waals surface area contributed by atoms with Crippen molar-refractivity contribution in [3.63, 3.8) is 0 Å². The van der Waals surface area contributed by atoms with Crippen molar-refractivity contribution in [1.82, 2.24) is 0 Å². The monoisotopic (exact) mass is 247 g/mol. The third kappa shape index (κ3) is 4.41. The Balaban J connectivity index is 2.41. The van der Waals surface area contributed by atoms with Crippen molar-refractivity contribution in [2.24, 2.45) is 5.73 Å². The predicted octanol–water partition coefficient (Wildman–Crippen LogP) is 3.45. The van der Waals surface area contributed by atoms with Gasteiger partial charge in [-0.05, 0) is 24.1 Å². The zero-order valence-corrected chi connectivity index (χ0v) is 10.2. The highest BCUT2D eigenvalue weighted by Gasteiger charge is 2.02. The van der Waals surface area contributed by atoms with Crippen molar-refractivity contribution in [3.8, 4) is 0 Å². The molecule has 0 heterocycles. The lowest BCUT2D eigenvalue weighted by Crippen LogP contribution is -2.21. The van der Waals surface area contributed by atoms with Crippen LogP contribution in [0.2, 0.25) is 5.02 Å². The molecule has 1 aromatic carbocycles. The van der Waals surface area contributed by atoms with Gasteiger partial charge in [0.25, 0.3) is 0 Å². The first-order chi connectivity index (χ1) is 7.13. The topological polar surface area (TPSA) is 26.0 Å². The molecule has 0 fully saturated rings. The standard InChI is InChI=1S/C11H15ClFNS/c1-2-9(14)7-15-6-8-3-4-11(13)10(12)5-8/h3-5,9H,2,6-7,14H2,1H3. The van der Waals surface area contributed by atoms with Gasteiger partial charge in [-0.15, -0.1) is 0 Å². The van der Waals surface area contributed by atoms with Crippen molar-refractivity contribution in [2.75, 3.05) is 5.75 Å². The lowest BCUT2D eigenvalue weighted by Gasteiger charge is -2.08. The summed E-state index contributed by atoms with van der Waals surface area (Å²) in [5.74, 6) is 1.38. The minimum absolute atomic E-state index is 0.188. The van der Waals surface area contributed by atoms with Crippen molar-refractivity contribution < 1.29 is 4.39 Å². The number of hydrogen-bond acceptors (Lipinski definition) is 2. The molecule has 1 atom stereocenters. The van der Waals surface area contributed by atoms with E-state index in [1.807, 2.05) is 0 Å². The van der Waals surface area contributed by atoms with Crippen LogP contribution in [-0.2, 0) is 5.75 Å². The average Bonchev–Trinajstić information content (AvgIpc) is 2.23. The fraction of sp³-hybridized carbons (Fsp3) is 0.455. The molecule has 0 radical (unpaired) electrons. The molecule has 0 aliphatic rings. The third-order valence-electron chi connectivity index (χ3n) is 2.11. The molecule has 0 aliphatic heterocycles. The van der Waals surface area contributed by atoms with Crippen LogP contribution < -0.4 is 5.73 Å². The number of thioether (sulfide) groups is 1. The molecule has 0 aliphatic carbocycles. The minimum atomic E-state index is -0.365. The first kappa shape index (κ1) is 12.8. The van der Waals surface area contributed by atoms with Crippen LogP contribution in [0.15, 0.2) is 18.2 Å².